The van der Waals surface area contributed by atoms with Gasteiger partial charge >= 0.3 is 0 Å². The average molecular weight is 251 g/mol. The molecule has 1 saturated carbocycles. The largest absolute Gasteiger partial charge is 0.386 e. The van der Waals surface area contributed by atoms with Crippen LogP contribution in [-0.2, 0) is 0 Å². The summed E-state index contributed by atoms with van der Waals surface area (Å²) in [6, 6.07) is 4.84. The normalized spacial score (nSPS) is 20.3. The van der Waals surface area contributed by atoms with Crippen LogP contribution in [0.4, 0.5) is 4.39 Å². The molecule has 0 aromatic heterocycles. The van der Waals surface area contributed by atoms with Crippen molar-refractivity contribution in [2.45, 2.75) is 44.2 Å². The van der Waals surface area contributed by atoms with E-state index in [1.54, 1.807) is 0 Å². The molecular formula is C15H22FNO. The number of halogens is 1. The summed E-state index contributed by atoms with van der Waals surface area (Å²) in [7, 11) is 4.00. The monoisotopic (exact) mass is 251 g/mol. The number of nitrogens with zero attached hydrogens (tertiary/aromatic N) is 1. The SMILES string of the molecule is Cc1cc(F)cc(C(O)C2(N(C)C)CCCC2)c1. The Morgan fingerprint density at radius 2 is 1.83 bits per heavy atom. The van der Waals surface area contributed by atoms with Gasteiger partial charge in [0.1, 0.15) is 5.82 Å². The highest BCUT2D eigenvalue weighted by molar-refractivity contribution is 5.28. The summed E-state index contributed by atoms with van der Waals surface area (Å²) in [5.41, 5.74) is 1.32. The molecule has 1 fully saturated rings. The summed E-state index contributed by atoms with van der Waals surface area (Å²) < 4.78 is 13.5. The predicted octanol–water partition coefficient (Wildman–Crippen LogP) is 3.04. The van der Waals surface area contributed by atoms with Crippen LogP contribution in [0.5, 0.6) is 0 Å². The first-order valence-corrected chi connectivity index (χ1v) is 6.58. The highest BCUT2D eigenvalue weighted by atomic mass is 19.1. The molecule has 0 saturated heterocycles. The number of likely N-dealkylation sites (N-methyl/N-ethyl adjacent to an activating group) is 1. The van der Waals surface area contributed by atoms with Crippen LogP contribution in [0, 0.1) is 12.7 Å². The van der Waals surface area contributed by atoms with E-state index in [2.05, 4.69) is 4.90 Å². The molecule has 1 aromatic carbocycles. The van der Waals surface area contributed by atoms with Crippen molar-refractivity contribution in [1.29, 1.82) is 0 Å². The quantitative estimate of drug-likeness (QED) is 0.892. The minimum atomic E-state index is -0.621. The molecule has 2 nitrogen and oxygen atoms in total. The van der Waals surface area contributed by atoms with Crippen molar-refractivity contribution in [3.63, 3.8) is 0 Å². The summed E-state index contributed by atoms with van der Waals surface area (Å²) >= 11 is 0. The van der Waals surface area contributed by atoms with Gasteiger partial charge in [-0.1, -0.05) is 18.9 Å². The lowest BCUT2D eigenvalue weighted by molar-refractivity contribution is -0.00493. The molecule has 2 rings (SSSR count). The van der Waals surface area contributed by atoms with Crippen molar-refractivity contribution < 1.29 is 9.50 Å². The van der Waals surface area contributed by atoms with Crippen LogP contribution < -0.4 is 0 Å². The summed E-state index contributed by atoms with van der Waals surface area (Å²) in [4.78, 5) is 2.10. The lowest BCUT2D eigenvalue weighted by Crippen LogP contribution is -2.47. The second-order valence-corrected chi connectivity index (χ2v) is 5.67. The van der Waals surface area contributed by atoms with Crippen molar-refractivity contribution in [3.8, 4) is 0 Å². The molecule has 18 heavy (non-hydrogen) atoms. The highest BCUT2D eigenvalue weighted by Crippen LogP contribution is 2.43. The van der Waals surface area contributed by atoms with Crippen molar-refractivity contribution in [2.75, 3.05) is 14.1 Å². The summed E-state index contributed by atoms with van der Waals surface area (Å²) in [6.07, 6.45) is 3.57. The first-order valence-electron chi connectivity index (χ1n) is 6.58. The van der Waals surface area contributed by atoms with Crippen molar-refractivity contribution in [2.24, 2.45) is 0 Å². The van der Waals surface area contributed by atoms with Gasteiger partial charge in [0, 0.05) is 0 Å². The second kappa shape index (κ2) is 4.98. The van der Waals surface area contributed by atoms with E-state index in [9.17, 15) is 9.50 Å². The molecule has 0 bridgehead atoms. The van der Waals surface area contributed by atoms with E-state index in [-0.39, 0.29) is 11.4 Å². The maximum atomic E-state index is 13.5. The van der Waals surface area contributed by atoms with Crippen LogP contribution in [0.2, 0.25) is 0 Å². The third-order valence-electron chi connectivity index (χ3n) is 4.25. The Hall–Kier alpha value is -0.930. The van der Waals surface area contributed by atoms with Crippen LogP contribution in [0.15, 0.2) is 18.2 Å². The summed E-state index contributed by atoms with van der Waals surface area (Å²) in [5, 5.41) is 10.7. The fourth-order valence-electron chi connectivity index (χ4n) is 3.19. The molecule has 100 valence electrons. The van der Waals surface area contributed by atoms with Crippen LogP contribution in [-0.4, -0.2) is 29.6 Å². The molecule has 0 spiro atoms. The third-order valence-corrected chi connectivity index (χ3v) is 4.25. The number of aliphatic hydroxyl groups is 1. The van der Waals surface area contributed by atoms with Gasteiger partial charge in [-0.3, -0.25) is 0 Å². The van der Waals surface area contributed by atoms with Gasteiger partial charge in [-0.05, 0) is 57.1 Å². The van der Waals surface area contributed by atoms with E-state index in [0.717, 1.165) is 31.2 Å². The molecular weight excluding hydrogens is 229 g/mol. The molecule has 1 aliphatic rings. The van der Waals surface area contributed by atoms with E-state index >= 15 is 0 Å². The van der Waals surface area contributed by atoms with E-state index in [1.165, 1.54) is 12.1 Å². The first-order chi connectivity index (χ1) is 8.45. The molecule has 1 aromatic rings. The lowest BCUT2D eigenvalue weighted by atomic mass is 9.84. The van der Waals surface area contributed by atoms with Gasteiger partial charge in [0.15, 0.2) is 0 Å². The van der Waals surface area contributed by atoms with Gasteiger partial charge in [0.2, 0.25) is 0 Å². The maximum absolute atomic E-state index is 13.5. The standard InChI is InChI=1S/C15H22FNO/c1-11-8-12(10-13(16)9-11)14(18)15(17(2)3)6-4-5-7-15/h8-10,14,18H,4-7H2,1-3H3. The summed E-state index contributed by atoms with van der Waals surface area (Å²) in [6.45, 7) is 1.86. The Kier molecular flexibility index (Phi) is 3.74. The van der Waals surface area contributed by atoms with E-state index in [4.69, 9.17) is 0 Å². The van der Waals surface area contributed by atoms with Gasteiger partial charge in [0.25, 0.3) is 0 Å². The van der Waals surface area contributed by atoms with Gasteiger partial charge in [-0.25, -0.2) is 4.39 Å². The second-order valence-electron chi connectivity index (χ2n) is 5.67. The number of hydrogen-bond acceptors (Lipinski definition) is 2. The number of aliphatic hydroxyl groups excluding tert-OH is 1. The van der Waals surface area contributed by atoms with E-state index in [1.807, 2.05) is 27.1 Å². The Bertz CT molecular complexity index is 404. The molecule has 1 unspecified atom stereocenters. The zero-order valence-electron chi connectivity index (χ0n) is 11.4. The van der Waals surface area contributed by atoms with Crippen molar-refractivity contribution in [3.05, 3.63) is 35.1 Å². The van der Waals surface area contributed by atoms with Crippen molar-refractivity contribution in [1.82, 2.24) is 4.90 Å². The Labute approximate surface area is 108 Å². The van der Waals surface area contributed by atoms with E-state index < -0.39 is 6.10 Å². The Morgan fingerprint density at radius 1 is 1.22 bits per heavy atom. The van der Waals surface area contributed by atoms with Crippen LogP contribution in [0.25, 0.3) is 0 Å². The Balaban J connectivity index is 2.36. The average Bonchev–Trinajstić information content (AvgIpc) is 2.76. The predicted molar refractivity (Wildman–Crippen MR) is 71.0 cm³/mol. The number of aryl methyl sites for hydroxylation is 1. The lowest BCUT2D eigenvalue weighted by Gasteiger charge is -2.40. The Morgan fingerprint density at radius 3 is 2.33 bits per heavy atom. The maximum Gasteiger partial charge on any atom is 0.123 e. The molecule has 0 amide bonds. The number of hydrogen-bond donors (Lipinski definition) is 1. The molecule has 1 atom stereocenters. The minimum absolute atomic E-state index is 0.236. The molecule has 0 heterocycles. The van der Waals surface area contributed by atoms with Crippen LogP contribution in [0.3, 0.4) is 0 Å². The highest BCUT2D eigenvalue weighted by Gasteiger charge is 2.43. The van der Waals surface area contributed by atoms with Gasteiger partial charge in [-0.15, -0.1) is 0 Å². The molecule has 1 aliphatic carbocycles. The molecule has 0 radical (unpaired) electrons. The molecule has 3 heteroatoms. The topological polar surface area (TPSA) is 23.5 Å². The minimum Gasteiger partial charge on any atom is -0.386 e. The van der Waals surface area contributed by atoms with E-state index in [0.29, 0.717) is 5.56 Å². The summed E-state index contributed by atoms with van der Waals surface area (Å²) in [5.74, 6) is -0.268. The van der Waals surface area contributed by atoms with Crippen molar-refractivity contribution >= 4 is 0 Å². The van der Waals surface area contributed by atoms with Gasteiger partial charge < -0.3 is 10.0 Å². The van der Waals surface area contributed by atoms with Gasteiger partial charge in [0.05, 0.1) is 11.6 Å². The third kappa shape index (κ3) is 2.29. The fourth-order valence-corrected chi connectivity index (χ4v) is 3.19. The molecule has 0 aliphatic heterocycles. The fraction of sp³-hybridized carbons (Fsp3) is 0.600. The smallest absolute Gasteiger partial charge is 0.123 e. The number of benzene rings is 1. The molecule has 1 N–H and O–H groups in total. The van der Waals surface area contributed by atoms with Crippen LogP contribution >= 0.6 is 0 Å². The first kappa shape index (κ1) is 13.5. The van der Waals surface area contributed by atoms with Crippen LogP contribution in [0.1, 0.15) is 42.9 Å². The zero-order chi connectivity index (χ0) is 13.3. The number of rotatable bonds is 3. The zero-order valence-corrected chi connectivity index (χ0v) is 11.4. The van der Waals surface area contributed by atoms with Gasteiger partial charge in [-0.2, -0.15) is 0 Å².